The SMILES string of the molecule is CC(C)CCC[C@@H](C)[C@H]1CC[C@H]2[C@@H]3CCC4C[C@@H](O[C@@H]5C=C[C@H](NS(C)(=O)=O)[C@@H](COCc6ccccc6)O5)CC[C@]4(C)[C@H]3CC[C@]12C. The summed E-state index contributed by atoms with van der Waals surface area (Å²) in [7, 11) is -3.41. The van der Waals surface area contributed by atoms with Crippen molar-refractivity contribution in [3.63, 3.8) is 0 Å². The average Bonchev–Trinajstić information content (AvgIpc) is 3.39. The molecule has 1 heterocycles. The molecule has 6 nitrogen and oxygen atoms in total. The summed E-state index contributed by atoms with van der Waals surface area (Å²) in [5, 5.41) is 0. The lowest BCUT2D eigenvalue weighted by Crippen LogP contribution is -2.54. The Kier molecular flexibility index (Phi) is 11.5. The molecule has 1 unspecified atom stereocenters. The fourth-order valence-corrected chi connectivity index (χ4v) is 12.4. The minimum absolute atomic E-state index is 0.163. The first-order valence-corrected chi connectivity index (χ1v) is 21.3. The van der Waals surface area contributed by atoms with Crippen LogP contribution in [0, 0.1) is 52.3 Å². The van der Waals surface area contributed by atoms with E-state index in [1.807, 2.05) is 42.5 Å². The van der Waals surface area contributed by atoms with Crippen LogP contribution >= 0.6 is 0 Å². The van der Waals surface area contributed by atoms with Gasteiger partial charge in [-0.2, -0.15) is 0 Å². The van der Waals surface area contributed by atoms with E-state index < -0.39 is 28.5 Å². The second kappa shape index (κ2) is 15.2. The largest absolute Gasteiger partial charge is 0.374 e. The van der Waals surface area contributed by atoms with Gasteiger partial charge in [0.2, 0.25) is 10.0 Å². The van der Waals surface area contributed by atoms with Gasteiger partial charge in [-0.05, 0) is 122 Å². The van der Waals surface area contributed by atoms with Gasteiger partial charge in [-0.15, -0.1) is 0 Å². The molecule has 0 spiro atoms. The molecule has 0 saturated heterocycles. The molecule has 4 saturated carbocycles. The van der Waals surface area contributed by atoms with Gasteiger partial charge in [-0.25, -0.2) is 13.1 Å². The summed E-state index contributed by atoms with van der Waals surface area (Å²) in [5.74, 6) is 5.95. The third-order valence-electron chi connectivity index (χ3n) is 14.1. The van der Waals surface area contributed by atoms with E-state index in [2.05, 4.69) is 39.3 Å². The van der Waals surface area contributed by atoms with Crippen LogP contribution < -0.4 is 4.72 Å². The van der Waals surface area contributed by atoms with Crippen LogP contribution in [0.5, 0.6) is 0 Å². The highest BCUT2D eigenvalue weighted by molar-refractivity contribution is 7.88. The summed E-state index contributed by atoms with van der Waals surface area (Å²) in [6, 6.07) is 9.52. The molecule has 270 valence electrons. The average molecular weight is 684 g/mol. The van der Waals surface area contributed by atoms with Crippen LogP contribution in [-0.2, 0) is 30.8 Å². The van der Waals surface area contributed by atoms with Crippen LogP contribution in [-0.4, -0.2) is 45.8 Å². The van der Waals surface area contributed by atoms with Gasteiger partial charge in [0.1, 0.15) is 6.10 Å². The van der Waals surface area contributed by atoms with Crippen molar-refractivity contribution in [3.05, 3.63) is 48.0 Å². The van der Waals surface area contributed by atoms with Crippen LogP contribution in [0.4, 0.5) is 0 Å². The van der Waals surface area contributed by atoms with Crippen molar-refractivity contribution in [2.24, 2.45) is 52.3 Å². The topological polar surface area (TPSA) is 73.9 Å². The number of sulfonamides is 1. The third kappa shape index (κ3) is 8.11. The molecule has 48 heavy (non-hydrogen) atoms. The molecule has 1 aliphatic heterocycles. The Bertz CT molecular complexity index is 1330. The maximum absolute atomic E-state index is 12.1. The summed E-state index contributed by atoms with van der Waals surface area (Å²) < 4.78 is 46.0. The standard InChI is InChI=1S/C41H65NO5S/c1-28(2)11-10-12-29(3)34-17-18-35-33-16-15-31-25-32(21-23-40(31,4)36(33)22-24-41(34,35)5)46-39-20-19-37(42-48(6,43)44)38(47-39)27-45-26-30-13-8-7-9-14-30/h7-9,13-14,19-20,28-29,31-39,42H,10-12,15-18,21-27H2,1-6H3/t29-,31?,32+,33+,34-,35+,36+,37+,38-,39+,40+,41-/m1/s1. The second-order valence-corrected chi connectivity index (χ2v) is 19.3. The number of ether oxygens (including phenoxy) is 3. The predicted molar refractivity (Wildman–Crippen MR) is 194 cm³/mol. The van der Waals surface area contributed by atoms with E-state index in [-0.39, 0.29) is 12.7 Å². The number of hydrogen-bond donors (Lipinski definition) is 1. The first-order valence-electron chi connectivity index (χ1n) is 19.4. The van der Waals surface area contributed by atoms with Crippen molar-refractivity contribution in [2.45, 2.75) is 143 Å². The van der Waals surface area contributed by atoms with Gasteiger partial charge < -0.3 is 14.2 Å². The van der Waals surface area contributed by atoms with Crippen molar-refractivity contribution < 1.29 is 22.6 Å². The molecule has 0 bridgehead atoms. The van der Waals surface area contributed by atoms with Crippen LogP contribution in [0.25, 0.3) is 0 Å². The van der Waals surface area contributed by atoms with Gasteiger partial charge in [0.05, 0.1) is 31.6 Å². The van der Waals surface area contributed by atoms with Gasteiger partial charge in [0.15, 0.2) is 6.29 Å². The summed E-state index contributed by atoms with van der Waals surface area (Å²) in [5.41, 5.74) is 2.02. The second-order valence-electron chi connectivity index (χ2n) is 17.6. The van der Waals surface area contributed by atoms with E-state index >= 15 is 0 Å². The molecule has 7 heteroatoms. The van der Waals surface area contributed by atoms with Crippen molar-refractivity contribution in [2.75, 3.05) is 12.9 Å². The maximum atomic E-state index is 12.1. The number of rotatable bonds is 13. The number of nitrogens with one attached hydrogen (secondary N) is 1. The summed E-state index contributed by atoms with van der Waals surface area (Å²) >= 11 is 0. The van der Waals surface area contributed by atoms with Crippen molar-refractivity contribution in [1.29, 1.82) is 0 Å². The molecular weight excluding hydrogens is 619 g/mol. The van der Waals surface area contributed by atoms with Gasteiger partial charge in [0.25, 0.3) is 0 Å². The van der Waals surface area contributed by atoms with Gasteiger partial charge in [0, 0.05) is 0 Å². The number of hydrogen-bond acceptors (Lipinski definition) is 5. The van der Waals surface area contributed by atoms with Crippen molar-refractivity contribution in [1.82, 2.24) is 4.72 Å². The van der Waals surface area contributed by atoms with Crippen molar-refractivity contribution in [3.8, 4) is 0 Å². The van der Waals surface area contributed by atoms with E-state index in [0.29, 0.717) is 23.4 Å². The highest BCUT2D eigenvalue weighted by atomic mass is 32.2. The van der Waals surface area contributed by atoms with Crippen LogP contribution in [0.1, 0.15) is 117 Å². The highest BCUT2D eigenvalue weighted by Crippen LogP contribution is 2.68. The van der Waals surface area contributed by atoms with E-state index in [1.165, 1.54) is 70.5 Å². The van der Waals surface area contributed by atoms with Crippen LogP contribution in [0.15, 0.2) is 42.5 Å². The van der Waals surface area contributed by atoms with E-state index in [9.17, 15) is 8.42 Å². The number of benzene rings is 1. The van der Waals surface area contributed by atoms with Gasteiger partial charge in [-0.3, -0.25) is 0 Å². The number of fused-ring (bicyclic) bond motifs is 5. The lowest BCUT2D eigenvalue weighted by atomic mass is 9.44. The Balaban J connectivity index is 1.05. The zero-order valence-electron chi connectivity index (χ0n) is 30.7. The first-order chi connectivity index (χ1) is 22.9. The third-order valence-corrected chi connectivity index (χ3v) is 14.8. The minimum Gasteiger partial charge on any atom is -0.374 e. The summed E-state index contributed by atoms with van der Waals surface area (Å²) in [6.45, 7) is 13.4. The van der Waals surface area contributed by atoms with Crippen LogP contribution in [0.2, 0.25) is 0 Å². The Hall–Kier alpha value is -1.25. The normalized spacial score (nSPS) is 40.3. The Morgan fingerprint density at radius 2 is 1.67 bits per heavy atom. The Labute approximate surface area is 292 Å². The van der Waals surface area contributed by atoms with Gasteiger partial charge >= 0.3 is 0 Å². The maximum Gasteiger partial charge on any atom is 0.209 e. The smallest absolute Gasteiger partial charge is 0.209 e. The fraction of sp³-hybridized carbons (Fsp3) is 0.805. The quantitative estimate of drug-likeness (QED) is 0.210. The molecule has 4 fully saturated rings. The van der Waals surface area contributed by atoms with Gasteiger partial charge in [-0.1, -0.05) is 90.3 Å². The molecular formula is C41H65NO5S. The fourth-order valence-electron chi connectivity index (χ4n) is 11.6. The summed E-state index contributed by atoms with van der Waals surface area (Å²) in [4.78, 5) is 0. The Morgan fingerprint density at radius 3 is 2.42 bits per heavy atom. The lowest BCUT2D eigenvalue weighted by molar-refractivity contribution is -0.209. The first kappa shape index (κ1) is 36.5. The zero-order valence-corrected chi connectivity index (χ0v) is 31.6. The molecule has 12 atom stereocenters. The molecule has 5 aliphatic rings. The predicted octanol–water partition coefficient (Wildman–Crippen LogP) is 8.91. The molecule has 1 aromatic carbocycles. The molecule has 6 rings (SSSR count). The van der Waals surface area contributed by atoms with E-state index in [0.717, 1.165) is 53.9 Å². The lowest BCUT2D eigenvalue weighted by Gasteiger charge is -2.61. The monoisotopic (exact) mass is 683 g/mol. The van der Waals surface area contributed by atoms with E-state index in [4.69, 9.17) is 14.2 Å². The molecule has 1 N–H and O–H groups in total. The molecule has 0 radical (unpaired) electrons. The van der Waals surface area contributed by atoms with Crippen molar-refractivity contribution >= 4 is 10.0 Å². The molecule has 1 aromatic rings. The molecule has 4 aliphatic carbocycles. The molecule has 0 aromatic heterocycles. The Morgan fingerprint density at radius 1 is 0.917 bits per heavy atom. The zero-order chi connectivity index (χ0) is 34.1. The van der Waals surface area contributed by atoms with Crippen LogP contribution in [0.3, 0.4) is 0 Å². The molecule has 0 amide bonds. The van der Waals surface area contributed by atoms with E-state index in [1.54, 1.807) is 0 Å². The summed E-state index contributed by atoms with van der Waals surface area (Å²) in [6.07, 6.45) is 20.3. The highest BCUT2D eigenvalue weighted by Gasteiger charge is 2.60. The minimum atomic E-state index is -3.41.